The zero-order chi connectivity index (χ0) is 14.8. The van der Waals surface area contributed by atoms with Crippen LogP contribution in [0, 0.1) is 0 Å². The predicted molar refractivity (Wildman–Crippen MR) is 81.9 cm³/mol. The van der Waals surface area contributed by atoms with Gasteiger partial charge >= 0.3 is 0 Å². The Morgan fingerprint density at radius 1 is 1.24 bits per heavy atom. The molecule has 0 saturated carbocycles. The van der Waals surface area contributed by atoms with Gasteiger partial charge in [0, 0.05) is 19.6 Å². The molecule has 0 aliphatic carbocycles. The summed E-state index contributed by atoms with van der Waals surface area (Å²) in [6.07, 6.45) is 0. The van der Waals surface area contributed by atoms with Gasteiger partial charge < -0.3 is 10.4 Å². The van der Waals surface area contributed by atoms with Gasteiger partial charge in [0.15, 0.2) is 0 Å². The molecule has 0 unspecified atom stereocenters. The molecule has 0 saturated heterocycles. The normalized spacial score (nSPS) is 12.7. The lowest BCUT2D eigenvalue weighted by atomic mass is 10.1. The second-order valence-corrected chi connectivity index (χ2v) is 5.23. The molecule has 3 rings (SSSR count). The summed E-state index contributed by atoms with van der Waals surface area (Å²) in [7, 11) is 1.89. The van der Waals surface area contributed by atoms with Gasteiger partial charge in [0.1, 0.15) is 11.3 Å². The van der Waals surface area contributed by atoms with Gasteiger partial charge in [0.2, 0.25) is 0 Å². The molecule has 1 aromatic heterocycles. The minimum absolute atomic E-state index is 0.162. The van der Waals surface area contributed by atoms with E-state index in [0.717, 1.165) is 28.7 Å². The van der Waals surface area contributed by atoms with Crippen molar-refractivity contribution in [2.75, 3.05) is 0 Å². The van der Waals surface area contributed by atoms with Crippen molar-refractivity contribution in [3.63, 3.8) is 0 Å². The second kappa shape index (κ2) is 5.54. The average molecular weight is 282 g/mol. The molecule has 0 aliphatic heterocycles. The maximum Gasteiger partial charge on any atom is 0.115 e. The number of aryl methyl sites for hydroxylation is 1. The van der Waals surface area contributed by atoms with E-state index in [2.05, 4.69) is 28.6 Å². The highest BCUT2D eigenvalue weighted by atomic mass is 16.3. The zero-order valence-corrected chi connectivity index (χ0v) is 12.1. The molecular formula is C16H18N4O. The molecule has 1 atom stereocenters. The maximum absolute atomic E-state index is 9.52. The lowest BCUT2D eigenvalue weighted by Gasteiger charge is -2.14. The summed E-state index contributed by atoms with van der Waals surface area (Å²) in [5.74, 6) is 0.294. The number of fused-ring (bicyclic) bond motifs is 1. The number of aromatic nitrogens is 3. The van der Waals surface area contributed by atoms with E-state index in [4.69, 9.17) is 0 Å². The van der Waals surface area contributed by atoms with Crippen molar-refractivity contribution in [3.05, 3.63) is 53.6 Å². The van der Waals surface area contributed by atoms with Crippen LogP contribution >= 0.6 is 0 Å². The van der Waals surface area contributed by atoms with Gasteiger partial charge in [0.05, 0.1) is 5.52 Å². The van der Waals surface area contributed by atoms with Crippen LogP contribution in [0.3, 0.4) is 0 Å². The van der Waals surface area contributed by atoms with E-state index in [9.17, 15) is 5.11 Å². The summed E-state index contributed by atoms with van der Waals surface area (Å²) >= 11 is 0. The standard InChI is InChI=1S/C16H18N4O/c1-11(13-4-3-5-14(21)9-13)17-10-12-6-7-16-15(8-12)18-19-20(16)2/h3-9,11,17,21H,10H2,1-2H3/t11-/m0/s1. The van der Waals surface area contributed by atoms with Crippen LogP contribution < -0.4 is 5.32 Å². The number of hydrogen-bond acceptors (Lipinski definition) is 4. The Morgan fingerprint density at radius 3 is 2.90 bits per heavy atom. The fourth-order valence-corrected chi connectivity index (χ4v) is 2.38. The van der Waals surface area contributed by atoms with Crippen LogP contribution in [0.1, 0.15) is 24.1 Å². The van der Waals surface area contributed by atoms with E-state index >= 15 is 0 Å². The van der Waals surface area contributed by atoms with Gasteiger partial charge in [-0.25, -0.2) is 4.68 Å². The first kappa shape index (κ1) is 13.6. The Bertz CT molecular complexity index is 766. The molecule has 0 fully saturated rings. The molecule has 2 aromatic carbocycles. The summed E-state index contributed by atoms with van der Waals surface area (Å²) in [6.45, 7) is 2.82. The number of nitrogens with zero attached hydrogens (tertiary/aromatic N) is 3. The van der Waals surface area contributed by atoms with E-state index < -0.39 is 0 Å². The summed E-state index contributed by atoms with van der Waals surface area (Å²) in [5.41, 5.74) is 4.16. The van der Waals surface area contributed by atoms with Crippen LogP contribution in [-0.2, 0) is 13.6 Å². The molecule has 0 bridgehead atoms. The predicted octanol–water partition coefficient (Wildman–Crippen LogP) is 2.52. The lowest BCUT2D eigenvalue weighted by molar-refractivity contribution is 0.472. The molecule has 3 aromatic rings. The van der Waals surface area contributed by atoms with Crippen LogP contribution in [-0.4, -0.2) is 20.1 Å². The minimum Gasteiger partial charge on any atom is -0.508 e. The number of nitrogens with one attached hydrogen (secondary N) is 1. The molecule has 108 valence electrons. The third-order valence-electron chi connectivity index (χ3n) is 3.66. The molecule has 5 nitrogen and oxygen atoms in total. The highest BCUT2D eigenvalue weighted by molar-refractivity contribution is 5.74. The fraction of sp³-hybridized carbons (Fsp3) is 0.250. The Hall–Kier alpha value is -2.40. The first-order valence-corrected chi connectivity index (χ1v) is 6.94. The number of hydrogen-bond donors (Lipinski definition) is 2. The van der Waals surface area contributed by atoms with Crippen molar-refractivity contribution < 1.29 is 5.11 Å². The highest BCUT2D eigenvalue weighted by Crippen LogP contribution is 2.19. The van der Waals surface area contributed by atoms with Crippen LogP contribution in [0.4, 0.5) is 0 Å². The molecule has 2 N–H and O–H groups in total. The minimum atomic E-state index is 0.162. The number of benzene rings is 2. The molecule has 5 heteroatoms. The first-order chi connectivity index (χ1) is 10.1. The average Bonchev–Trinajstić information content (AvgIpc) is 2.86. The molecule has 21 heavy (non-hydrogen) atoms. The molecular weight excluding hydrogens is 264 g/mol. The molecule has 0 aliphatic rings. The third-order valence-corrected chi connectivity index (χ3v) is 3.66. The van der Waals surface area contributed by atoms with Gasteiger partial charge in [0.25, 0.3) is 0 Å². The molecule has 0 spiro atoms. The number of phenols is 1. The van der Waals surface area contributed by atoms with E-state index in [1.807, 2.05) is 31.3 Å². The van der Waals surface area contributed by atoms with Crippen molar-refractivity contribution >= 4 is 11.0 Å². The van der Waals surface area contributed by atoms with Gasteiger partial charge in [-0.15, -0.1) is 5.10 Å². The smallest absolute Gasteiger partial charge is 0.115 e. The summed E-state index contributed by atoms with van der Waals surface area (Å²) in [6, 6.07) is 13.6. The van der Waals surface area contributed by atoms with Crippen molar-refractivity contribution in [2.45, 2.75) is 19.5 Å². The number of aromatic hydroxyl groups is 1. The van der Waals surface area contributed by atoms with Gasteiger partial charge in [-0.3, -0.25) is 0 Å². The molecule has 1 heterocycles. The number of rotatable bonds is 4. The van der Waals surface area contributed by atoms with Crippen molar-refractivity contribution in [1.82, 2.24) is 20.3 Å². The van der Waals surface area contributed by atoms with Gasteiger partial charge in [-0.1, -0.05) is 23.4 Å². The van der Waals surface area contributed by atoms with Crippen molar-refractivity contribution in [3.8, 4) is 5.75 Å². The highest BCUT2D eigenvalue weighted by Gasteiger charge is 2.07. The van der Waals surface area contributed by atoms with Gasteiger partial charge in [-0.05, 0) is 42.3 Å². The summed E-state index contributed by atoms with van der Waals surface area (Å²) in [4.78, 5) is 0. The van der Waals surface area contributed by atoms with E-state index in [1.54, 1.807) is 16.8 Å². The van der Waals surface area contributed by atoms with Crippen LogP contribution in [0.2, 0.25) is 0 Å². The number of phenolic OH excluding ortho intramolecular Hbond substituents is 1. The summed E-state index contributed by atoms with van der Waals surface area (Å²) < 4.78 is 1.77. The maximum atomic E-state index is 9.52. The van der Waals surface area contributed by atoms with Crippen LogP contribution in [0.25, 0.3) is 11.0 Å². The largest absolute Gasteiger partial charge is 0.508 e. The van der Waals surface area contributed by atoms with Gasteiger partial charge in [-0.2, -0.15) is 0 Å². The van der Waals surface area contributed by atoms with Crippen molar-refractivity contribution in [2.24, 2.45) is 7.05 Å². The van der Waals surface area contributed by atoms with E-state index in [-0.39, 0.29) is 6.04 Å². The second-order valence-electron chi connectivity index (χ2n) is 5.23. The first-order valence-electron chi connectivity index (χ1n) is 6.94. The fourth-order valence-electron chi connectivity index (χ4n) is 2.38. The SMILES string of the molecule is C[C@H](NCc1ccc2c(c1)nnn2C)c1cccc(O)c1. The third kappa shape index (κ3) is 2.87. The van der Waals surface area contributed by atoms with E-state index in [1.165, 1.54) is 0 Å². The summed E-state index contributed by atoms with van der Waals surface area (Å²) in [5, 5.41) is 21.1. The lowest BCUT2D eigenvalue weighted by Crippen LogP contribution is -2.17. The van der Waals surface area contributed by atoms with Crippen LogP contribution in [0.15, 0.2) is 42.5 Å². The Morgan fingerprint density at radius 2 is 2.10 bits per heavy atom. The topological polar surface area (TPSA) is 63.0 Å². The quantitative estimate of drug-likeness (QED) is 0.772. The molecule has 0 radical (unpaired) electrons. The zero-order valence-electron chi connectivity index (χ0n) is 12.1. The van der Waals surface area contributed by atoms with E-state index in [0.29, 0.717) is 5.75 Å². The van der Waals surface area contributed by atoms with Crippen molar-refractivity contribution in [1.29, 1.82) is 0 Å². The Labute approximate surface area is 123 Å². The Balaban J connectivity index is 1.71. The van der Waals surface area contributed by atoms with Crippen LogP contribution in [0.5, 0.6) is 5.75 Å². The monoisotopic (exact) mass is 282 g/mol. The molecule has 0 amide bonds. The Kier molecular flexibility index (Phi) is 3.58.